The second kappa shape index (κ2) is 14.0. The molecule has 4 N–H and O–H groups in total. The first-order valence-corrected chi connectivity index (χ1v) is 13.5. The minimum Gasteiger partial charge on any atom is -0.396 e. The average molecular weight is 511 g/mol. The molecular formula is C34H38O4. The Bertz CT molecular complexity index is 1100. The van der Waals surface area contributed by atoms with Crippen LogP contribution in [-0.2, 0) is 25.7 Å². The largest absolute Gasteiger partial charge is 0.396 e. The standard InChI is InChI=1S/C34H38O4/c35-17-13-25-5-1-9-29(21-25)33(30-10-2-6-26(22-30)14-18-36)34(31-11-3-7-27(23-31)15-19-37)32-12-4-8-28(24-32)16-20-38/h1-12,21-24,33-38H,13-20H2. The van der Waals surface area contributed by atoms with Gasteiger partial charge in [0, 0.05) is 38.3 Å². The SMILES string of the molecule is OCCc1cccc(C(c2cccc(CCO)c2)C(c2cccc(CCO)c2)c2cccc(CCO)c2)c1. The summed E-state index contributed by atoms with van der Waals surface area (Å²) in [6.07, 6.45) is 2.36. The van der Waals surface area contributed by atoms with Crippen LogP contribution in [0.15, 0.2) is 97.1 Å². The fourth-order valence-electron chi connectivity index (χ4n) is 5.44. The highest BCUT2D eigenvalue weighted by Crippen LogP contribution is 2.44. The van der Waals surface area contributed by atoms with Gasteiger partial charge in [0.05, 0.1) is 0 Å². The highest BCUT2D eigenvalue weighted by atomic mass is 16.3. The van der Waals surface area contributed by atoms with E-state index in [0.717, 1.165) is 44.5 Å². The van der Waals surface area contributed by atoms with E-state index in [1.807, 2.05) is 0 Å². The maximum atomic E-state index is 9.62. The summed E-state index contributed by atoms with van der Waals surface area (Å²) < 4.78 is 0. The summed E-state index contributed by atoms with van der Waals surface area (Å²) in [5, 5.41) is 38.5. The Morgan fingerprint density at radius 1 is 0.368 bits per heavy atom. The summed E-state index contributed by atoms with van der Waals surface area (Å²) in [7, 11) is 0. The molecule has 4 heteroatoms. The van der Waals surface area contributed by atoms with Crippen LogP contribution in [0.3, 0.4) is 0 Å². The zero-order chi connectivity index (χ0) is 26.7. The Labute approximate surface area is 225 Å². The van der Waals surface area contributed by atoms with E-state index in [9.17, 15) is 20.4 Å². The minimum atomic E-state index is -0.0407. The van der Waals surface area contributed by atoms with Gasteiger partial charge >= 0.3 is 0 Å². The van der Waals surface area contributed by atoms with E-state index in [1.165, 1.54) is 0 Å². The fraction of sp³-hybridized carbons (Fsp3) is 0.294. The van der Waals surface area contributed by atoms with Crippen LogP contribution in [0.1, 0.15) is 56.3 Å². The minimum absolute atomic E-state index is 0.0407. The van der Waals surface area contributed by atoms with Gasteiger partial charge < -0.3 is 20.4 Å². The summed E-state index contributed by atoms with van der Waals surface area (Å²) >= 11 is 0. The van der Waals surface area contributed by atoms with Crippen LogP contribution in [-0.4, -0.2) is 46.9 Å². The van der Waals surface area contributed by atoms with Gasteiger partial charge in [-0.2, -0.15) is 0 Å². The van der Waals surface area contributed by atoms with Crippen molar-refractivity contribution in [1.82, 2.24) is 0 Å². The van der Waals surface area contributed by atoms with Crippen LogP contribution in [0.5, 0.6) is 0 Å². The van der Waals surface area contributed by atoms with Crippen molar-refractivity contribution >= 4 is 0 Å². The number of rotatable bonds is 13. The van der Waals surface area contributed by atoms with E-state index < -0.39 is 0 Å². The van der Waals surface area contributed by atoms with E-state index in [-0.39, 0.29) is 38.3 Å². The van der Waals surface area contributed by atoms with Crippen LogP contribution < -0.4 is 0 Å². The quantitative estimate of drug-likeness (QED) is 0.209. The molecule has 0 unspecified atom stereocenters. The third-order valence-electron chi connectivity index (χ3n) is 7.18. The first-order valence-electron chi connectivity index (χ1n) is 13.5. The molecule has 198 valence electrons. The van der Waals surface area contributed by atoms with Crippen LogP contribution in [0.4, 0.5) is 0 Å². The van der Waals surface area contributed by atoms with Gasteiger partial charge in [-0.1, -0.05) is 97.1 Å². The molecule has 0 saturated heterocycles. The van der Waals surface area contributed by atoms with Crippen molar-refractivity contribution in [1.29, 1.82) is 0 Å². The Balaban J connectivity index is 1.96. The highest BCUT2D eigenvalue weighted by Gasteiger charge is 2.29. The Kier molecular flexibility index (Phi) is 10.2. The van der Waals surface area contributed by atoms with Crippen molar-refractivity contribution in [3.63, 3.8) is 0 Å². The zero-order valence-corrected chi connectivity index (χ0v) is 21.8. The molecule has 38 heavy (non-hydrogen) atoms. The Hall–Kier alpha value is -3.28. The van der Waals surface area contributed by atoms with Gasteiger partial charge in [-0.15, -0.1) is 0 Å². The van der Waals surface area contributed by atoms with E-state index in [4.69, 9.17) is 0 Å². The van der Waals surface area contributed by atoms with Crippen LogP contribution in [0, 0.1) is 0 Å². The number of aliphatic hydroxyl groups excluding tert-OH is 4. The number of hydrogen-bond acceptors (Lipinski definition) is 4. The molecule has 0 aliphatic heterocycles. The van der Waals surface area contributed by atoms with Crippen molar-refractivity contribution in [2.24, 2.45) is 0 Å². The van der Waals surface area contributed by atoms with Crippen LogP contribution in [0.25, 0.3) is 0 Å². The molecule has 0 heterocycles. The molecule has 0 fully saturated rings. The molecule has 0 amide bonds. The van der Waals surface area contributed by atoms with E-state index in [2.05, 4.69) is 97.1 Å². The van der Waals surface area contributed by atoms with Gasteiger partial charge in [0.1, 0.15) is 0 Å². The molecular weight excluding hydrogens is 472 g/mol. The number of hydrogen-bond donors (Lipinski definition) is 4. The third-order valence-corrected chi connectivity index (χ3v) is 7.18. The summed E-state index contributed by atoms with van der Waals surface area (Å²) in [6.45, 7) is 0.373. The summed E-state index contributed by atoms with van der Waals surface area (Å²) in [6, 6.07) is 33.9. The lowest BCUT2D eigenvalue weighted by Crippen LogP contribution is -2.16. The molecule has 4 aromatic rings. The van der Waals surface area contributed by atoms with Crippen molar-refractivity contribution in [3.05, 3.63) is 142 Å². The molecule has 0 aliphatic rings. The molecule has 4 aromatic carbocycles. The van der Waals surface area contributed by atoms with Crippen molar-refractivity contribution in [2.45, 2.75) is 37.5 Å². The zero-order valence-electron chi connectivity index (χ0n) is 21.8. The lowest BCUT2D eigenvalue weighted by molar-refractivity contribution is 0.299. The maximum absolute atomic E-state index is 9.62. The van der Waals surface area contributed by atoms with Gasteiger partial charge in [-0.05, 0) is 70.2 Å². The number of benzene rings is 4. The molecule has 4 nitrogen and oxygen atoms in total. The van der Waals surface area contributed by atoms with E-state index in [0.29, 0.717) is 25.7 Å². The van der Waals surface area contributed by atoms with E-state index in [1.54, 1.807) is 0 Å². The van der Waals surface area contributed by atoms with Gasteiger partial charge in [0.25, 0.3) is 0 Å². The first-order chi connectivity index (χ1) is 18.7. The van der Waals surface area contributed by atoms with Crippen LogP contribution in [0.2, 0.25) is 0 Å². The normalized spacial score (nSPS) is 11.4. The lowest BCUT2D eigenvalue weighted by Gasteiger charge is -2.31. The van der Waals surface area contributed by atoms with Gasteiger partial charge in [-0.25, -0.2) is 0 Å². The lowest BCUT2D eigenvalue weighted by atomic mass is 9.72. The highest BCUT2D eigenvalue weighted by molar-refractivity contribution is 5.47. The van der Waals surface area contributed by atoms with Gasteiger partial charge in [-0.3, -0.25) is 0 Å². The molecule has 4 rings (SSSR count). The number of aliphatic hydroxyl groups is 4. The fourth-order valence-corrected chi connectivity index (χ4v) is 5.44. The second-order valence-electron chi connectivity index (χ2n) is 9.83. The topological polar surface area (TPSA) is 80.9 Å². The maximum Gasteiger partial charge on any atom is 0.0471 e. The second-order valence-corrected chi connectivity index (χ2v) is 9.83. The van der Waals surface area contributed by atoms with Gasteiger partial charge in [0.15, 0.2) is 0 Å². The monoisotopic (exact) mass is 510 g/mol. The molecule has 0 aliphatic carbocycles. The van der Waals surface area contributed by atoms with Crippen molar-refractivity contribution < 1.29 is 20.4 Å². The summed E-state index contributed by atoms with van der Waals surface area (Å²) in [4.78, 5) is 0. The van der Waals surface area contributed by atoms with E-state index >= 15 is 0 Å². The predicted octanol–water partition coefficient (Wildman–Crippen LogP) is 4.79. The van der Waals surface area contributed by atoms with Crippen molar-refractivity contribution in [3.8, 4) is 0 Å². The first kappa shape index (κ1) is 27.7. The predicted molar refractivity (Wildman–Crippen MR) is 153 cm³/mol. The smallest absolute Gasteiger partial charge is 0.0471 e. The molecule has 0 aromatic heterocycles. The summed E-state index contributed by atoms with van der Waals surface area (Å²) in [5.41, 5.74) is 8.96. The molecule has 0 spiro atoms. The van der Waals surface area contributed by atoms with Gasteiger partial charge in [0.2, 0.25) is 0 Å². The summed E-state index contributed by atoms with van der Waals surface area (Å²) in [5.74, 6) is -0.0814. The average Bonchev–Trinajstić information content (AvgIpc) is 2.93. The van der Waals surface area contributed by atoms with Crippen molar-refractivity contribution in [2.75, 3.05) is 26.4 Å². The Morgan fingerprint density at radius 3 is 0.816 bits per heavy atom. The van der Waals surface area contributed by atoms with Crippen LogP contribution >= 0.6 is 0 Å². The molecule has 0 bridgehead atoms. The Morgan fingerprint density at radius 2 is 0.605 bits per heavy atom. The molecule has 0 radical (unpaired) electrons. The molecule has 0 atom stereocenters. The molecule has 0 saturated carbocycles. The third kappa shape index (κ3) is 6.97.